The Kier molecular flexibility index (Phi) is 5.04. The molecule has 1 saturated heterocycles. The highest BCUT2D eigenvalue weighted by molar-refractivity contribution is 7.22. The van der Waals surface area contributed by atoms with Crippen LogP contribution in [0, 0.1) is 11.7 Å². The van der Waals surface area contributed by atoms with Crippen molar-refractivity contribution in [2.45, 2.75) is 18.6 Å². The second kappa shape index (κ2) is 8.02. The molecule has 1 aliphatic heterocycles. The van der Waals surface area contributed by atoms with Gasteiger partial charge in [0.2, 0.25) is 5.91 Å². The van der Waals surface area contributed by atoms with E-state index >= 15 is 4.39 Å². The minimum absolute atomic E-state index is 0.0799. The third-order valence-electron chi connectivity index (χ3n) is 6.25. The maximum absolute atomic E-state index is 15.5. The minimum atomic E-state index is -1.13. The molecular weight excluding hydrogens is 502 g/mol. The van der Waals surface area contributed by atoms with Crippen LogP contribution in [0.2, 0.25) is 5.02 Å². The van der Waals surface area contributed by atoms with E-state index in [1.807, 2.05) is 0 Å². The summed E-state index contributed by atoms with van der Waals surface area (Å²) < 4.78 is 29.4. The number of nitrogens with one attached hydrogen (secondary N) is 3. The number of thiazole rings is 1. The van der Waals surface area contributed by atoms with E-state index in [-0.39, 0.29) is 29.1 Å². The predicted molar refractivity (Wildman–Crippen MR) is 128 cm³/mol. The van der Waals surface area contributed by atoms with Gasteiger partial charge in [-0.15, -0.1) is 0 Å². The van der Waals surface area contributed by atoms with E-state index in [0.29, 0.717) is 45.8 Å². The van der Waals surface area contributed by atoms with Gasteiger partial charge in [0.05, 0.1) is 38.9 Å². The molecule has 0 radical (unpaired) electrons. The fraction of sp³-hybridized carbons (Fsp3) is 0.273. The zero-order valence-corrected chi connectivity index (χ0v) is 19.4. The maximum Gasteiger partial charge on any atom is 0.405 e. The van der Waals surface area contributed by atoms with Gasteiger partial charge in [0.15, 0.2) is 10.9 Å². The van der Waals surface area contributed by atoms with Crippen LogP contribution in [-0.4, -0.2) is 57.6 Å². The normalized spacial score (nSPS) is 19.7. The van der Waals surface area contributed by atoms with Gasteiger partial charge in [-0.3, -0.25) is 9.89 Å². The highest BCUT2D eigenvalue weighted by Crippen LogP contribution is 2.44. The molecule has 4 N–H and O–H groups in total. The summed E-state index contributed by atoms with van der Waals surface area (Å²) in [6.07, 6.45) is -0.424. The lowest BCUT2D eigenvalue weighted by atomic mass is 9.98. The molecule has 1 saturated carbocycles. The minimum Gasteiger partial charge on any atom is -0.465 e. The molecular formula is C22H17ClF2N6O3S. The summed E-state index contributed by atoms with van der Waals surface area (Å²) in [6, 6.07) is 5.01. The molecule has 3 heterocycles. The molecule has 2 amide bonds. The Labute approximate surface area is 205 Å². The Morgan fingerprint density at radius 3 is 2.80 bits per heavy atom. The van der Waals surface area contributed by atoms with Gasteiger partial charge in [-0.2, -0.15) is 5.10 Å². The summed E-state index contributed by atoms with van der Waals surface area (Å²) in [6.45, 7) is 0.608. The molecule has 180 valence electrons. The summed E-state index contributed by atoms with van der Waals surface area (Å²) in [7, 11) is 0. The van der Waals surface area contributed by atoms with Gasteiger partial charge in [-0.25, -0.2) is 18.6 Å². The monoisotopic (exact) mass is 518 g/mol. The largest absolute Gasteiger partial charge is 0.465 e. The van der Waals surface area contributed by atoms with Gasteiger partial charge in [-0.05, 0) is 24.1 Å². The van der Waals surface area contributed by atoms with E-state index in [1.165, 1.54) is 11.3 Å². The Morgan fingerprint density at radius 2 is 2.09 bits per heavy atom. The molecule has 1 aliphatic carbocycles. The molecule has 6 rings (SSSR count). The van der Waals surface area contributed by atoms with Gasteiger partial charge in [0.25, 0.3) is 0 Å². The smallest absolute Gasteiger partial charge is 0.405 e. The van der Waals surface area contributed by atoms with E-state index in [4.69, 9.17) is 16.7 Å². The Hall–Kier alpha value is -3.51. The van der Waals surface area contributed by atoms with Crippen molar-refractivity contribution in [1.82, 2.24) is 20.5 Å². The van der Waals surface area contributed by atoms with E-state index in [2.05, 4.69) is 25.8 Å². The molecule has 9 nitrogen and oxygen atoms in total. The Bertz CT molecular complexity index is 1520. The second-order valence-corrected chi connectivity index (χ2v) is 10.0. The third-order valence-corrected chi connectivity index (χ3v) is 7.54. The highest BCUT2D eigenvalue weighted by Gasteiger charge is 2.44. The van der Waals surface area contributed by atoms with Crippen LogP contribution in [-0.2, 0) is 4.79 Å². The average Bonchev–Trinajstić information content (AvgIpc) is 3.16. The summed E-state index contributed by atoms with van der Waals surface area (Å²) in [5.41, 5.74) is 2.43. The summed E-state index contributed by atoms with van der Waals surface area (Å²) in [4.78, 5) is 29.0. The summed E-state index contributed by atoms with van der Waals surface area (Å²) in [5.74, 6) is -1.63. The first-order valence-corrected chi connectivity index (χ1v) is 11.9. The van der Waals surface area contributed by atoms with Gasteiger partial charge in [0.1, 0.15) is 11.9 Å². The number of carboxylic acid groups (broad SMARTS) is 1. The van der Waals surface area contributed by atoms with Crippen molar-refractivity contribution in [3.8, 4) is 11.1 Å². The van der Waals surface area contributed by atoms with Crippen LogP contribution in [0.4, 0.5) is 24.4 Å². The fourth-order valence-electron chi connectivity index (χ4n) is 4.37. The van der Waals surface area contributed by atoms with Gasteiger partial charge in [-0.1, -0.05) is 29.0 Å². The molecule has 13 heteroatoms. The lowest BCUT2D eigenvalue weighted by Crippen LogP contribution is -2.59. The van der Waals surface area contributed by atoms with Gasteiger partial charge in [0, 0.05) is 24.0 Å². The van der Waals surface area contributed by atoms with Crippen molar-refractivity contribution < 1.29 is 23.5 Å². The number of hydrogen-bond donors (Lipinski definition) is 4. The zero-order valence-electron chi connectivity index (χ0n) is 17.8. The van der Waals surface area contributed by atoms with Crippen LogP contribution in [0.5, 0.6) is 0 Å². The van der Waals surface area contributed by atoms with Crippen LogP contribution in [0.15, 0.2) is 24.4 Å². The van der Waals surface area contributed by atoms with Gasteiger partial charge < -0.3 is 20.6 Å². The fourth-order valence-corrected chi connectivity index (χ4v) is 5.58. The molecule has 2 aromatic carbocycles. The molecule has 35 heavy (non-hydrogen) atoms. The zero-order chi connectivity index (χ0) is 24.4. The maximum atomic E-state index is 15.5. The molecule has 2 atom stereocenters. The number of amides is 2. The molecule has 0 unspecified atom stereocenters. The number of carbonyl (C=O) groups excluding carboxylic acids is 1. The number of rotatable bonds is 5. The van der Waals surface area contributed by atoms with Gasteiger partial charge >= 0.3 is 6.09 Å². The van der Waals surface area contributed by atoms with E-state index < -0.39 is 24.0 Å². The topological polar surface area (TPSA) is 123 Å². The van der Waals surface area contributed by atoms with Crippen LogP contribution in [0.25, 0.3) is 32.2 Å². The van der Waals surface area contributed by atoms with Crippen molar-refractivity contribution in [3.05, 3.63) is 35.2 Å². The molecule has 2 fully saturated rings. The molecule has 2 aromatic heterocycles. The van der Waals surface area contributed by atoms with Crippen molar-refractivity contribution in [3.63, 3.8) is 0 Å². The number of nitrogens with zero attached hydrogens (tertiary/aromatic N) is 3. The number of benzene rings is 2. The number of alkyl halides is 1. The number of fused-ring (bicyclic) bond motifs is 2. The van der Waals surface area contributed by atoms with Crippen LogP contribution in [0.1, 0.15) is 6.42 Å². The summed E-state index contributed by atoms with van der Waals surface area (Å²) in [5, 5.41) is 21.7. The first-order valence-electron chi connectivity index (χ1n) is 10.7. The Balaban J connectivity index is 1.35. The first kappa shape index (κ1) is 22.0. The summed E-state index contributed by atoms with van der Waals surface area (Å²) >= 11 is 7.77. The average molecular weight is 519 g/mol. The van der Waals surface area contributed by atoms with Crippen LogP contribution in [0.3, 0.4) is 0 Å². The van der Waals surface area contributed by atoms with E-state index in [0.717, 1.165) is 4.70 Å². The standard InChI is InChI=1S/C22H17ClF2N6O3S/c23-16-15(8-1-2-13-14(3-8)35-21(28-13)29-20(32)10-4-12(10)24)11-5-26-30-18(11)19(17(16)25)31-6-9(7-31)27-22(33)34/h1-3,5,9-10,12,27H,4,6-7H2,(H,26,30)(H,33,34)(H,28,29,32)/t10-,12+/m1/s1. The highest BCUT2D eigenvalue weighted by atomic mass is 35.5. The molecule has 4 aromatic rings. The molecule has 0 bridgehead atoms. The predicted octanol–water partition coefficient (Wildman–Crippen LogP) is 4.38. The second-order valence-electron chi connectivity index (χ2n) is 8.61. The first-order chi connectivity index (χ1) is 16.8. The number of aromatic amines is 1. The number of aromatic nitrogens is 3. The van der Waals surface area contributed by atoms with Crippen molar-refractivity contribution >= 4 is 66.9 Å². The number of halogens is 3. The van der Waals surface area contributed by atoms with Crippen LogP contribution >= 0.6 is 22.9 Å². The lowest BCUT2D eigenvalue weighted by molar-refractivity contribution is -0.117. The number of carbonyl (C=O) groups is 2. The third kappa shape index (κ3) is 3.73. The molecule has 0 spiro atoms. The van der Waals surface area contributed by atoms with Crippen molar-refractivity contribution in [2.75, 3.05) is 23.3 Å². The van der Waals surface area contributed by atoms with E-state index in [9.17, 15) is 14.0 Å². The van der Waals surface area contributed by atoms with E-state index in [1.54, 1.807) is 29.3 Å². The SMILES string of the molecule is O=C(O)NC1CN(c2c(F)c(Cl)c(-c3ccc4nc(NC(=O)[C@@H]5C[C@@H]5F)sc4c3)c3cn[nH]c23)C1. The Morgan fingerprint density at radius 1 is 1.31 bits per heavy atom. The lowest BCUT2D eigenvalue weighted by Gasteiger charge is -2.41. The number of hydrogen-bond acceptors (Lipinski definition) is 6. The van der Waals surface area contributed by atoms with Crippen molar-refractivity contribution in [1.29, 1.82) is 0 Å². The van der Waals surface area contributed by atoms with Crippen molar-refractivity contribution in [2.24, 2.45) is 5.92 Å². The number of H-pyrrole nitrogens is 1. The quantitative estimate of drug-likeness (QED) is 0.311. The number of anilines is 2. The molecule has 2 aliphatic rings. The van der Waals surface area contributed by atoms with Crippen LogP contribution < -0.4 is 15.5 Å².